The Kier molecular flexibility index (Phi) is 16.5. The van der Waals surface area contributed by atoms with Crippen LogP contribution in [0.15, 0.2) is 157 Å². The van der Waals surface area contributed by atoms with Crippen LogP contribution in [0.4, 0.5) is 16.2 Å². The minimum Gasteiger partial charge on any atom is -0.459 e. The molecule has 1 heterocycles. The third-order valence-corrected chi connectivity index (χ3v) is 15.0. The Morgan fingerprint density at radius 1 is 0.816 bits per heavy atom. The summed E-state index contributed by atoms with van der Waals surface area (Å²) in [5, 5.41) is 50.2. The fraction of sp³-hybridized carbons (Fsp3) is 0.333. The number of nitro benzene ring substituents is 2. The quantitative estimate of drug-likeness (QED) is 0.0282. The molecule has 0 spiro atoms. The molecule has 1 fully saturated rings. The molecule has 76 heavy (non-hydrogen) atoms. The van der Waals surface area contributed by atoms with Crippen molar-refractivity contribution in [2.45, 2.75) is 89.7 Å². The van der Waals surface area contributed by atoms with Gasteiger partial charge in [-0.3, -0.25) is 25.1 Å². The number of nitrogens with zero attached hydrogens (tertiary/aromatic N) is 4. The van der Waals surface area contributed by atoms with Gasteiger partial charge < -0.3 is 34.0 Å². The number of hydrogen-bond donors (Lipinski definition) is 2. The molecule has 16 heteroatoms. The summed E-state index contributed by atoms with van der Waals surface area (Å²) >= 11 is 0. The number of carbonyl (C=O) groups is 1. The van der Waals surface area contributed by atoms with Gasteiger partial charge in [0.2, 0.25) is 5.79 Å². The van der Waals surface area contributed by atoms with Crippen molar-refractivity contribution in [3.63, 3.8) is 0 Å². The normalized spacial score (nSPS) is 20.9. The van der Waals surface area contributed by atoms with Gasteiger partial charge in [-0.2, -0.15) is 0 Å². The number of fused-ring (bicyclic) bond motifs is 3. The van der Waals surface area contributed by atoms with E-state index in [1.807, 2.05) is 92.7 Å². The second-order valence-electron chi connectivity index (χ2n) is 19.7. The number of benzene rings is 6. The average molecular weight is 1030 g/mol. The zero-order valence-corrected chi connectivity index (χ0v) is 42.6. The van der Waals surface area contributed by atoms with E-state index in [1.165, 1.54) is 36.4 Å². The van der Waals surface area contributed by atoms with Crippen molar-refractivity contribution in [3.8, 4) is 23.0 Å². The number of oxime groups is 1. The molecule has 9 rings (SSSR count). The van der Waals surface area contributed by atoms with E-state index in [2.05, 4.69) is 12.7 Å². The van der Waals surface area contributed by atoms with Crippen molar-refractivity contribution in [2.75, 3.05) is 19.8 Å². The van der Waals surface area contributed by atoms with Crippen molar-refractivity contribution in [3.05, 3.63) is 200 Å². The number of carbonyl (C=O) groups excluding carboxylic acids is 1. The van der Waals surface area contributed by atoms with Gasteiger partial charge in [0.05, 0.1) is 34.6 Å². The first-order valence-corrected chi connectivity index (χ1v) is 25.8. The first-order valence-electron chi connectivity index (χ1n) is 25.8. The summed E-state index contributed by atoms with van der Waals surface area (Å²) in [6.45, 7) is 8.17. The summed E-state index contributed by atoms with van der Waals surface area (Å²) in [7, 11) is 0. The van der Waals surface area contributed by atoms with E-state index in [1.54, 1.807) is 23.1 Å². The molecule has 0 saturated heterocycles. The summed E-state index contributed by atoms with van der Waals surface area (Å²) in [5.41, 5.74) is 5.58. The van der Waals surface area contributed by atoms with Crippen LogP contribution in [0.2, 0.25) is 0 Å². The standard InChI is InChI=1S/C60H62N4O12/c1-4-32-72-60-56(62(37-44-15-11-14-42-12-5-6-16-50(42)44)59(67)75-47-26-23-46(24-27-47)64(70)71)36-54(61-73-38-41-19-21-45(22-20-41)63(68)69)52-34-43(13-7-9-30-65)51(17-8-10-31-66)57(58(52)60)53-35-49(28-29-55(53)76-60)74-48-25-18-39(2)40(3)33-48/h4-6,11-12,14-16,18-29,33-35,43,51,56-58,65-66H,1,7-10,13,17,30-32,36-38H2,2-3H3. The van der Waals surface area contributed by atoms with Crippen LogP contribution in [0.5, 0.6) is 23.0 Å². The van der Waals surface area contributed by atoms with E-state index in [0.717, 1.165) is 51.4 Å². The second-order valence-corrected chi connectivity index (χ2v) is 19.7. The van der Waals surface area contributed by atoms with Gasteiger partial charge >= 0.3 is 6.09 Å². The van der Waals surface area contributed by atoms with Crippen LogP contribution in [-0.4, -0.2) is 68.4 Å². The first kappa shape index (κ1) is 52.9. The molecule has 2 aliphatic carbocycles. The highest BCUT2D eigenvalue weighted by Gasteiger charge is 2.66. The largest absolute Gasteiger partial charge is 0.459 e. The Balaban J connectivity index is 1.26. The molecule has 6 aromatic rings. The van der Waals surface area contributed by atoms with Gasteiger partial charge in [0, 0.05) is 55.4 Å². The molecule has 0 bridgehead atoms. The number of hydrogen-bond acceptors (Lipinski definition) is 13. The zero-order chi connectivity index (χ0) is 53.3. The molecule has 6 aromatic carbocycles. The monoisotopic (exact) mass is 1030 g/mol. The van der Waals surface area contributed by atoms with Crippen molar-refractivity contribution >= 4 is 34.0 Å². The lowest BCUT2D eigenvalue weighted by molar-refractivity contribution is -0.385. The van der Waals surface area contributed by atoms with Gasteiger partial charge in [0.1, 0.15) is 35.6 Å². The maximum Gasteiger partial charge on any atom is 0.416 e. The number of amides is 1. The van der Waals surface area contributed by atoms with Crippen molar-refractivity contribution in [1.82, 2.24) is 4.90 Å². The molecule has 0 aromatic heterocycles. The molecule has 1 amide bonds. The third-order valence-electron chi connectivity index (χ3n) is 15.0. The van der Waals surface area contributed by atoms with Crippen molar-refractivity contribution in [2.24, 2.45) is 22.9 Å². The number of aliphatic hydroxyl groups excluding tert-OH is 2. The lowest BCUT2D eigenvalue weighted by Crippen LogP contribution is -2.70. The summed E-state index contributed by atoms with van der Waals surface area (Å²) in [4.78, 5) is 45.6. The van der Waals surface area contributed by atoms with Crippen molar-refractivity contribution in [1.29, 1.82) is 0 Å². The predicted molar refractivity (Wildman–Crippen MR) is 287 cm³/mol. The fourth-order valence-electron chi connectivity index (χ4n) is 11.2. The molecule has 2 N–H and O–H groups in total. The number of allylic oxidation sites excluding steroid dienone is 1. The highest BCUT2D eigenvalue weighted by atomic mass is 16.7. The van der Waals surface area contributed by atoms with Crippen LogP contribution in [0.3, 0.4) is 0 Å². The summed E-state index contributed by atoms with van der Waals surface area (Å²) in [6.07, 6.45) is 7.15. The van der Waals surface area contributed by atoms with Gasteiger partial charge in [0.25, 0.3) is 11.4 Å². The molecule has 0 radical (unpaired) electrons. The maximum absolute atomic E-state index is 15.5. The molecule has 6 atom stereocenters. The lowest BCUT2D eigenvalue weighted by Gasteiger charge is -2.59. The number of ether oxygens (including phenoxy) is 4. The number of aryl methyl sites for hydroxylation is 2. The summed E-state index contributed by atoms with van der Waals surface area (Å²) in [6, 6.07) is 35.8. The number of unbranched alkanes of at least 4 members (excludes halogenated alkanes) is 2. The molecule has 6 unspecified atom stereocenters. The smallest absolute Gasteiger partial charge is 0.416 e. The minimum absolute atomic E-state index is 0.00687. The average Bonchev–Trinajstić information content (AvgIpc) is 3.55. The highest BCUT2D eigenvalue weighted by molar-refractivity contribution is 6.03. The van der Waals surface area contributed by atoms with E-state index in [9.17, 15) is 30.4 Å². The van der Waals surface area contributed by atoms with Crippen LogP contribution >= 0.6 is 0 Å². The highest BCUT2D eigenvalue weighted by Crippen LogP contribution is 2.62. The molecular formula is C60H62N4O12. The van der Waals surface area contributed by atoms with Gasteiger partial charge in [0.15, 0.2) is 0 Å². The molecule has 394 valence electrons. The lowest BCUT2D eigenvalue weighted by atomic mass is 9.55. The summed E-state index contributed by atoms with van der Waals surface area (Å²) in [5.74, 6) is -1.05. The molecule has 1 aliphatic heterocycles. The van der Waals surface area contributed by atoms with Crippen LogP contribution in [0, 0.1) is 51.8 Å². The van der Waals surface area contributed by atoms with Crippen LogP contribution in [0.1, 0.15) is 78.7 Å². The number of nitro groups is 2. The van der Waals surface area contributed by atoms with E-state index >= 15 is 4.79 Å². The molecule has 1 saturated carbocycles. The van der Waals surface area contributed by atoms with E-state index in [4.69, 9.17) is 28.9 Å². The van der Waals surface area contributed by atoms with E-state index < -0.39 is 33.7 Å². The molecule has 3 aliphatic rings. The van der Waals surface area contributed by atoms with Gasteiger partial charge in [-0.25, -0.2) is 4.79 Å². The number of non-ortho nitro benzene ring substituents is 2. The SMILES string of the molecule is C=CCOC12Oc3ccc(Oc4ccc(C)c(C)c4)cc3C3C(CCCCO)C(CCCCO)C=C(C(=NOCc4ccc([N+](=O)[O-])cc4)CC1N(Cc1cccc4ccccc14)C(=O)Oc1ccc([N+](=O)[O-])cc1)C32. The van der Waals surface area contributed by atoms with E-state index in [0.29, 0.717) is 54.2 Å². The molecule has 16 nitrogen and oxygen atoms in total. The Bertz CT molecular complexity index is 3140. The van der Waals surface area contributed by atoms with E-state index in [-0.39, 0.29) is 74.3 Å². The second kappa shape index (κ2) is 23.7. The summed E-state index contributed by atoms with van der Waals surface area (Å²) < 4.78 is 27.6. The van der Waals surface area contributed by atoms with Crippen molar-refractivity contribution < 1.29 is 48.6 Å². The van der Waals surface area contributed by atoms with Gasteiger partial charge in [-0.15, -0.1) is 6.58 Å². The zero-order valence-electron chi connectivity index (χ0n) is 42.6. The Hall–Kier alpha value is -7.92. The Morgan fingerprint density at radius 2 is 1.49 bits per heavy atom. The van der Waals surface area contributed by atoms with Crippen LogP contribution in [-0.2, 0) is 22.7 Å². The first-order chi connectivity index (χ1) is 36.9. The van der Waals surface area contributed by atoms with Crippen LogP contribution < -0.4 is 14.2 Å². The number of rotatable bonds is 22. The van der Waals surface area contributed by atoms with Gasteiger partial charge in [-0.1, -0.05) is 78.7 Å². The number of aliphatic hydroxyl groups is 2. The fourth-order valence-corrected chi connectivity index (χ4v) is 11.2. The Morgan fingerprint density at radius 3 is 2.20 bits per heavy atom. The minimum atomic E-state index is -1.67. The topological polar surface area (TPSA) is 206 Å². The van der Waals surface area contributed by atoms with Crippen LogP contribution in [0.25, 0.3) is 10.8 Å². The third kappa shape index (κ3) is 11.3. The Labute approximate surface area is 441 Å². The maximum atomic E-state index is 15.5. The van der Waals surface area contributed by atoms with Gasteiger partial charge in [-0.05, 0) is 145 Å². The predicted octanol–water partition coefficient (Wildman–Crippen LogP) is 12.6. The molecular weight excluding hydrogens is 969 g/mol.